The van der Waals surface area contributed by atoms with Gasteiger partial charge in [-0.25, -0.2) is 0 Å². The van der Waals surface area contributed by atoms with Gasteiger partial charge in [-0.3, -0.25) is 14.5 Å². The predicted molar refractivity (Wildman–Crippen MR) is 45.0 cm³/mol. The lowest BCUT2D eigenvalue weighted by Gasteiger charge is -2.01. The minimum atomic E-state index is -0.430. The number of fused-ring (bicyclic) bond motifs is 1. The molecule has 1 aromatic heterocycles. The first-order valence-corrected chi connectivity index (χ1v) is 3.89. The Morgan fingerprint density at radius 2 is 2.00 bits per heavy atom. The molecule has 2 rings (SSSR count). The fourth-order valence-corrected chi connectivity index (χ4v) is 1.23. The van der Waals surface area contributed by atoms with Crippen LogP contribution in [0.25, 0.3) is 0 Å². The van der Waals surface area contributed by atoms with Crippen LogP contribution in [0, 0.1) is 0 Å². The van der Waals surface area contributed by atoms with Crippen LogP contribution in [-0.4, -0.2) is 41.1 Å². The molecule has 1 aliphatic rings. The van der Waals surface area contributed by atoms with Crippen molar-refractivity contribution in [2.24, 2.45) is 0 Å². The minimum absolute atomic E-state index is 0.0818. The standard InChI is InChI=1S/C8H7N3O3/c1-11-7(12)4-3-5(14-2)9-10-6(4)8(11)13/h3H,1-2H3. The number of ether oxygens (including phenoxy) is 1. The maximum absolute atomic E-state index is 11.5. The molecular formula is C8H7N3O3. The van der Waals surface area contributed by atoms with E-state index >= 15 is 0 Å². The van der Waals surface area contributed by atoms with Crippen molar-refractivity contribution in [3.63, 3.8) is 0 Å². The summed E-state index contributed by atoms with van der Waals surface area (Å²) in [5, 5.41) is 7.24. The molecule has 0 N–H and O–H groups in total. The van der Waals surface area contributed by atoms with E-state index in [0.29, 0.717) is 0 Å². The third-order valence-corrected chi connectivity index (χ3v) is 2.02. The average molecular weight is 193 g/mol. The SMILES string of the molecule is COc1cc2c(nn1)C(=O)N(C)C2=O. The van der Waals surface area contributed by atoms with Crippen molar-refractivity contribution in [3.8, 4) is 5.88 Å². The summed E-state index contributed by atoms with van der Waals surface area (Å²) in [7, 11) is 2.82. The number of nitrogens with zero attached hydrogens (tertiary/aromatic N) is 3. The van der Waals surface area contributed by atoms with Crippen molar-refractivity contribution in [1.29, 1.82) is 0 Å². The monoisotopic (exact) mass is 193 g/mol. The quantitative estimate of drug-likeness (QED) is 0.573. The molecule has 0 aromatic carbocycles. The molecule has 0 unspecified atom stereocenters. The van der Waals surface area contributed by atoms with Gasteiger partial charge in [-0.2, -0.15) is 0 Å². The Morgan fingerprint density at radius 3 is 2.64 bits per heavy atom. The molecule has 0 fully saturated rings. The average Bonchev–Trinajstić information content (AvgIpc) is 2.44. The van der Waals surface area contributed by atoms with E-state index in [1.54, 1.807) is 0 Å². The lowest BCUT2D eigenvalue weighted by molar-refractivity contribution is 0.0691. The summed E-state index contributed by atoms with van der Waals surface area (Å²) in [6.45, 7) is 0. The Labute approximate surface area is 79.5 Å². The second-order valence-electron chi connectivity index (χ2n) is 2.82. The second-order valence-corrected chi connectivity index (χ2v) is 2.82. The molecule has 0 bridgehead atoms. The van der Waals surface area contributed by atoms with Gasteiger partial charge < -0.3 is 4.74 Å². The number of hydrogen-bond acceptors (Lipinski definition) is 5. The van der Waals surface area contributed by atoms with E-state index in [9.17, 15) is 9.59 Å². The molecule has 72 valence electrons. The van der Waals surface area contributed by atoms with E-state index < -0.39 is 5.91 Å². The largest absolute Gasteiger partial charge is 0.480 e. The highest BCUT2D eigenvalue weighted by atomic mass is 16.5. The smallest absolute Gasteiger partial charge is 0.281 e. The van der Waals surface area contributed by atoms with Crippen LogP contribution >= 0.6 is 0 Å². The van der Waals surface area contributed by atoms with Crippen LogP contribution in [0.5, 0.6) is 5.88 Å². The normalized spacial score (nSPS) is 14.6. The molecule has 14 heavy (non-hydrogen) atoms. The molecule has 0 atom stereocenters. The van der Waals surface area contributed by atoms with Crippen LogP contribution < -0.4 is 4.74 Å². The highest BCUT2D eigenvalue weighted by molar-refractivity contribution is 6.20. The van der Waals surface area contributed by atoms with E-state index in [0.717, 1.165) is 4.90 Å². The van der Waals surface area contributed by atoms with Crippen molar-refractivity contribution in [2.45, 2.75) is 0 Å². The van der Waals surface area contributed by atoms with Crippen LogP contribution in [0.3, 0.4) is 0 Å². The summed E-state index contributed by atoms with van der Waals surface area (Å²) in [6, 6.07) is 1.41. The number of methoxy groups -OCH3 is 1. The van der Waals surface area contributed by atoms with Crippen molar-refractivity contribution in [2.75, 3.05) is 14.2 Å². The molecule has 2 amide bonds. The summed E-state index contributed by atoms with van der Waals surface area (Å²) in [4.78, 5) is 23.8. The number of rotatable bonds is 1. The van der Waals surface area contributed by atoms with Crippen LogP contribution in [0.2, 0.25) is 0 Å². The van der Waals surface area contributed by atoms with E-state index in [4.69, 9.17) is 4.74 Å². The first-order valence-electron chi connectivity index (χ1n) is 3.89. The Kier molecular flexibility index (Phi) is 1.70. The molecule has 2 heterocycles. The molecule has 1 aromatic rings. The fraction of sp³-hybridized carbons (Fsp3) is 0.250. The highest BCUT2D eigenvalue weighted by Gasteiger charge is 2.35. The van der Waals surface area contributed by atoms with Crippen molar-refractivity contribution >= 4 is 11.8 Å². The third-order valence-electron chi connectivity index (χ3n) is 2.02. The molecule has 6 heteroatoms. The van der Waals surface area contributed by atoms with Crippen molar-refractivity contribution < 1.29 is 14.3 Å². The summed E-state index contributed by atoms with van der Waals surface area (Å²) in [6.07, 6.45) is 0. The molecule has 1 aliphatic heterocycles. The predicted octanol–water partition coefficient (Wildman–Crippen LogP) is -0.289. The molecule has 0 aliphatic carbocycles. The maximum atomic E-state index is 11.5. The molecule has 0 radical (unpaired) electrons. The van der Waals surface area contributed by atoms with Crippen LogP contribution in [0.4, 0.5) is 0 Å². The Morgan fingerprint density at radius 1 is 1.29 bits per heavy atom. The van der Waals surface area contributed by atoms with E-state index in [1.807, 2.05) is 0 Å². The maximum Gasteiger partial charge on any atom is 0.281 e. The van der Waals surface area contributed by atoms with Crippen molar-refractivity contribution in [1.82, 2.24) is 15.1 Å². The van der Waals surface area contributed by atoms with Gasteiger partial charge in [0.2, 0.25) is 5.88 Å². The van der Waals surface area contributed by atoms with Gasteiger partial charge >= 0.3 is 0 Å². The van der Waals surface area contributed by atoms with Gasteiger partial charge in [-0.15, -0.1) is 10.2 Å². The van der Waals surface area contributed by atoms with Gasteiger partial charge in [0.25, 0.3) is 11.8 Å². The zero-order chi connectivity index (χ0) is 10.3. The summed E-state index contributed by atoms with van der Waals surface area (Å²) >= 11 is 0. The highest BCUT2D eigenvalue weighted by Crippen LogP contribution is 2.21. The zero-order valence-corrected chi connectivity index (χ0v) is 7.64. The van der Waals surface area contributed by atoms with Crippen LogP contribution in [-0.2, 0) is 0 Å². The van der Waals surface area contributed by atoms with Crippen LogP contribution in [0.15, 0.2) is 6.07 Å². The van der Waals surface area contributed by atoms with Crippen LogP contribution in [0.1, 0.15) is 20.8 Å². The zero-order valence-electron chi connectivity index (χ0n) is 7.64. The summed E-state index contributed by atoms with van der Waals surface area (Å²) < 4.78 is 4.80. The van der Waals surface area contributed by atoms with Gasteiger partial charge in [0.05, 0.1) is 12.7 Å². The summed E-state index contributed by atoms with van der Waals surface area (Å²) in [5.41, 5.74) is 0.322. The number of imide groups is 1. The van der Waals surface area contributed by atoms with Gasteiger partial charge in [0.15, 0.2) is 5.69 Å². The van der Waals surface area contributed by atoms with Gasteiger partial charge in [0.1, 0.15) is 0 Å². The first-order chi connectivity index (χ1) is 6.65. The molecule has 0 saturated heterocycles. The minimum Gasteiger partial charge on any atom is -0.480 e. The van der Waals surface area contributed by atoms with E-state index in [2.05, 4.69) is 10.2 Å². The fourth-order valence-electron chi connectivity index (χ4n) is 1.23. The lowest BCUT2D eigenvalue weighted by Crippen LogP contribution is -2.24. The second kappa shape index (κ2) is 2.76. The lowest BCUT2D eigenvalue weighted by atomic mass is 10.2. The number of carbonyl (C=O) groups excluding carboxylic acids is 2. The first kappa shape index (κ1) is 8.61. The van der Waals surface area contributed by atoms with Crippen molar-refractivity contribution in [3.05, 3.63) is 17.3 Å². The molecule has 6 nitrogen and oxygen atoms in total. The molecular weight excluding hydrogens is 186 g/mol. The van der Waals surface area contributed by atoms with E-state index in [-0.39, 0.29) is 23.0 Å². The number of amides is 2. The van der Waals surface area contributed by atoms with E-state index in [1.165, 1.54) is 20.2 Å². The van der Waals surface area contributed by atoms with Gasteiger partial charge in [-0.1, -0.05) is 0 Å². The Bertz CT molecular complexity index is 430. The number of hydrogen-bond donors (Lipinski definition) is 0. The Balaban J connectivity index is 2.59. The Hall–Kier alpha value is -1.98. The molecule has 0 saturated carbocycles. The van der Waals surface area contributed by atoms with Gasteiger partial charge in [-0.05, 0) is 0 Å². The number of carbonyl (C=O) groups is 2. The number of aromatic nitrogens is 2. The topological polar surface area (TPSA) is 72.4 Å². The third kappa shape index (κ3) is 0.968. The summed E-state index contributed by atoms with van der Waals surface area (Å²) in [5.74, 6) is -0.585. The van der Waals surface area contributed by atoms with Gasteiger partial charge in [0, 0.05) is 13.1 Å². The molecule has 0 spiro atoms.